The maximum Gasteiger partial charge on any atom is 0.245 e. The summed E-state index contributed by atoms with van der Waals surface area (Å²) in [5.74, 6) is -2.94. The van der Waals surface area contributed by atoms with Crippen LogP contribution in [0.4, 0.5) is 8.78 Å². The molecular weight excluding hydrogens is 176 g/mol. The molecule has 1 aliphatic heterocycles. The molecule has 1 heterocycles. The highest BCUT2D eigenvalue weighted by atomic mass is 19.3. The molecule has 0 aromatic heterocycles. The van der Waals surface area contributed by atoms with Crippen molar-refractivity contribution in [2.75, 3.05) is 20.1 Å². The molecule has 0 aromatic carbocycles. The number of aliphatic hydroxyl groups excluding tert-OH is 1. The fraction of sp³-hybridized carbons (Fsp3) is 1.00. The molecule has 1 saturated heterocycles. The Morgan fingerprint density at radius 1 is 1.54 bits per heavy atom. The van der Waals surface area contributed by atoms with E-state index in [-0.39, 0.29) is 12.3 Å². The van der Waals surface area contributed by atoms with Gasteiger partial charge in [0.15, 0.2) is 0 Å². The number of aliphatic hydroxyl groups is 1. The molecule has 13 heavy (non-hydrogen) atoms. The van der Waals surface area contributed by atoms with Crippen molar-refractivity contribution in [3.05, 3.63) is 0 Å². The molecule has 2 unspecified atom stereocenters. The van der Waals surface area contributed by atoms with Crippen LogP contribution in [0.2, 0.25) is 0 Å². The number of piperidine rings is 1. The van der Waals surface area contributed by atoms with Crippen LogP contribution >= 0.6 is 0 Å². The number of halogens is 2. The molecule has 78 valence electrons. The molecule has 0 spiro atoms. The van der Waals surface area contributed by atoms with Crippen molar-refractivity contribution >= 4 is 0 Å². The van der Waals surface area contributed by atoms with Gasteiger partial charge in [0.2, 0.25) is 5.92 Å². The van der Waals surface area contributed by atoms with E-state index in [9.17, 15) is 13.9 Å². The molecule has 1 fully saturated rings. The Hall–Kier alpha value is -0.220. The highest BCUT2D eigenvalue weighted by Crippen LogP contribution is 2.28. The van der Waals surface area contributed by atoms with Crippen LogP contribution in [0.25, 0.3) is 0 Å². The van der Waals surface area contributed by atoms with Crippen molar-refractivity contribution in [1.29, 1.82) is 0 Å². The van der Waals surface area contributed by atoms with E-state index in [1.807, 2.05) is 11.9 Å². The molecule has 0 radical (unpaired) electrons. The third kappa shape index (κ3) is 3.56. The maximum atomic E-state index is 12.7. The number of likely N-dealkylation sites (tertiary alicyclic amines) is 1. The van der Waals surface area contributed by atoms with E-state index in [1.54, 1.807) is 0 Å². The van der Waals surface area contributed by atoms with E-state index in [0.29, 0.717) is 13.0 Å². The molecule has 4 heteroatoms. The van der Waals surface area contributed by atoms with E-state index in [4.69, 9.17) is 0 Å². The largest absolute Gasteiger partial charge is 0.393 e. The Morgan fingerprint density at radius 3 is 2.69 bits per heavy atom. The summed E-state index contributed by atoms with van der Waals surface area (Å²) in [4.78, 5) is 1.99. The van der Waals surface area contributed by atoms with Crippen molar-refractivity contribution in [3.63, 3.8) is 0 Å². The van der Waals surface area contributed by atoms with Gasteiger partial charge in [-0.15, -0.1) is 0 Å². The summed E-state index contributed by atoms with van der Waals surface area (Å²) in [6.07, 6.45) is -0.155. The topological polar surface area (TPSA) is 23.5 Å². The zero-order valence-corrected chi connectivity index (χ0v) is 8.13. The normalized spacial score (nSPS) is 32.1. The van der Waals surface area contributed by atoms with Crippen LogP contribution in [-0.2, 0) is 0 Å². The first-order valence-electron chi connectivity index (χ1n) is 4.63. The number of hydrogen-bond acceptors (Lipinski definition) is 2. The summed E-state index contributed by atoms with van der Waals surface area (Å²) in [7, 11) is 1.90. The second-order valence-corrected chi connectivity index (χ2v) is 4.15. The Balaban J connectivity index is 2.47. The lowest BCUT2D eigenvalue weighted by molar-refractivity contribution is -0.0497. The first-order valence-corrected chi connectivity index (χ1v) is 4.63. The van der Waals surface area contributed by atoms with Crippen LogP contribution in [0, 0.1) is 5.92 Å². The summed E-state index contributed by atoms with van der Waals surface area (Å²) in [5, 5.41) is 9.49. The zero-order valence-electron chi connectivity index (χ0n) is 8.13. The lowest BCUT2D eigenvalue weighted by Gasteiger charge is -2.35. The highest BCUT2D eigenvalue weighted by molar-refractivity contribution is 4.81. The molecule has 0 saturated carbocycles. The smallest absolute Gasteiger partial charge is 0.245 e. The van der Waals surface area contributed by atoms with E-state index >= 15 is 0 Å². The number of alkyl halides is 2. The fourth-order valence-electron chi connectivity index (χ4n) is 1.86. The van der Waals surface area contributed by atoms with Crippen LogP contribution in [0.5, 0.6) is 0 Å². The summed E-state index contributed by atoms with van der Waals surface area (Å²) in [6, 6.07) is 0. The minimum atomic E-state index is -2.66. The summed E-state index contributed by atoms with van der Waals surface area (Å²) in [5.41, 5.74) is 0. The molecule has 1 N–H and O–H groups in total. The number of rotatable bonds is 2. The van der Waals surface area contributed by atoms with Gasteiger partial charge in [-0.1, -0.05) is 0 Å². The average molecular weight is 193 g/mol. The molecule has 1 aliphatic rings. The van der Waals surface area contributed by atoms with Crippen molar-refractivity contribution in [3.8, 4) is 0 Å². The van der Waals surface area contributed by atoms with Crippen LogP contribution in [0.1, 0.15) is 19.8 Å². The monoisotopic (exact) mass is 193 g/mol. The van der Waals surface area contributed by atoms with E-state index < -0.39 is 12.0 Å². The number of hydrogen-bond donors (Lipinski definition) is 1. The molecule has 0 amide bonds. The van der Waals surface area contributed by atoms with Gasteiger partial charge in [-0.05, 0) is 20.4 Å². The van der Waals surface area contributed by atoms with Crippen LogP contribution < -0.4 is 0 Å². The lowest BCUT2D eigenvalue weighted by Crippen LogP contribution is -2.43. The third-order valence-electron chi connectivity index (χ3n) is 2.52. The van der Waals surface area contributed by atoms with E-state index in [1.165, 1.54) is 0 Å². The van der Waals surface area contributed by atoms with Gasteiger partial charge < -0.3 is 10.0 Å². The van der Waals surface area contributed by atoms with Crippen LogP contribution in [0.15, 0.2) is 0 Å². The minimum Gasteiger partial charge on any atom is -0.393 e. The Bertz CT molecular complexity index is 169. The molecule has 0 aliphatic carbocycles. The minimum absolute atomic E-state index is 0.210. The fourth-order valence-corrected chi connectivity index (χ4v) is 1.86. The molecule has 1 rings (SSSR count). The second kappa shape index (κ2) is 3.88. The predicted molar refractivity (Wildman–Crippen MR) is 46.8 cm³/mol. The number of nitrogens with zero attached hydrogens (tertiary/aromatic N) is 1. The second-order valence-electron chi connectivity index (χ2n) is 4.15. The van der Waals surface area contributed by atoms with Gasteiger partial charge in [0.25, 0.3) is 0 Å². The van der Waals surface area contributed by atoms with Gasteiger partial charge in [0.05, 0.1) is 6.10 Å². The van der Waals surface area contributed by atoms with Gasteiger partial charge in [0.1, 0.15) is 0 Å². The Labute approximate surface area is 77.5 Å². The first-order chi connectivity index (χ1) is 5.88. The highest BCUT2D eigenvalue weighted by Gasteiger charge is 2.33. The quantitative estimate of drug-likeness (QED) is 0.715. The van der Waals surface area contributed by atoms with Crippen molar-refractivity contribution < 1.29 is 13.9 Å². The maximum absolute atomic E-state index is 12.7. The van der Waals surface area contributed by atoms with Gasteiger partial charge in [-0.3, -0.25) is 0 Å². The first kappa shape index (κ1) is 10.9. The van der Waals surface area contributed by atoms with Crippen LogP contribution in [0.3, 0.4) is 0 Å². The summed E-state index contributed by atoms with van der Waals surface area (Å²) >= 11 is 0. The predicted octanol–water partition coefficient (Wildman–Crippen LogP) is 1.34. The van der Waals surface area contributed by atoms with Crippen molar-refractivity contribution in [1.82, 2.24) is 4.90 Å². The Kier molecular flexibility index (Phi) is 3.24. The molecule has 2 atom stereocenters. The average Bonchev–Trinajstić information content (AvgIpc) is 1.94. The molecule has 2 nitrogen and oxygen atoms in total. The van der Waals surface area contributed by atoms with Gasteiger partial charge in [-0.25, -0.2) is 8.78 Å². The molecule has 0 aromatic rings. The standard InChI is InChI=1S/C9H17F2NO/c1-9(10,11)5-7-6-12(2)4-3-8(7)13/h7-8,13H,3-6H2,1-2H3. The lowest BCUT2D eigenvalue weighted by atomic mass is 9.90. The van der Waals surface area contributed by atoms with Gasteiger partial charge >= 0.3 is 0 Å². The SMILES string of the molecule is CN1CCC(O)C(CC(C)(F)F)C1. The molecular formula is C9H17F2NO. The van der Waals surface area contributed by atoms with Crippen molar-refractivity contribution in [2.45, 2.75) is 31.8 Å². The van der Waals surface area contributed by atoms with Crippen LogP contribution in [-0.4, -0.2) is 42.2 Å². The zero-order chi connectivity index (χ0) is 10.1. The van der Waals surface area contributed by atoms with E-state index in [2.05, 4.69) is 0 Å². The van der Waals surface area contributed by atoms with Gasteiger partial charge in [0, 0.05) is 25.4 Å². The summed E-state index contributed by atoms with van der Waals surface area (Å²) in [6.45, 7) is 2.28. The van der Waals surface area contributed by atoms with Crippen molar-refractivity contribution in [2.24, 2.45) is 5.92 Å². The third-order valence-corrected chi connectivity index (χ3v) is 2.52. The van der Waals surface area contributed by atoms with Gasteiger partial charge in [-0.2, -0.15) is 0 Å². The summed E-state index contributed by atoms with van der Waals surface area (Å²) < 4.78 is 25.4. The molecule has 0 bridgehead atoms. The van der Waals surface area contributed by atoms with E-state index in [0.717, 1.165) is 13.5 Å². The Morgan fingerprint density at radius 2 is 2.15 bits per heavy atom.